The highest BCUT2D eigenvalue weighted by atomic mass is 16.5. The van der Waals surface area contributed by atoms with Gasteiger partial charge in [0.2, 0.25) is 5.91 Å². The first kappa shape index (κ1) is 15.3. The van der Waals surface area contributed by atoms with E-state index in [9.17, 15) is 14.4 Å². The summed E-state index contributed by atoms with van der Waals surface area (Å²) in [6.45, 7) is 4.58. The second-order valence-electron chi connectivity index (χ2n) is 4.61. The Hall–Kier alpha value is -1.79. The van der Waals surface area contributed by atoms with Crippen molar-refractivity contribution < 1.29 is 19.1 Å². The van der Waals surface area contributed by atoms with Crippen molar-refractivity contribution in [3.8, 4) is 0 Å². The van der Waals surface area contributed by atoms with Gasteiger partial charge in [0.1, 0.15) is 6.04 Å². The molecule has 1 heterocycles. The molecule has 0 bridgehead atoms. The summed E-state index contributed by atoms with van der Waals surface area (Å²) in [6, 6.07) is -1.42. The monoisotopic (exact) mass is 271 g/mol. The first-order valence-corrected chi connectivity index (χ1v) is 6.47. The molecule has 1 rings (SSSR count). The van der Waals surface area contributed by atoms with Crippen molar-refractivity contribution in [1.82, 2.24) is 10.2 Å². The maximum atomic E-state index is 12.1. The Morgan fingerprint density at radius 2 is 2.16 bits per heavy atom. The van der Waals surface area contributed by atoms with Crippen LogP contribution in [0.3, 0.4) is 0 Å². The van der Waals surface area contributed by atoms with Crippen LogP contribution in [-0.2, 0) is 14.3 Å². The lowest BCUT2D eigenvalue weighted by molar-refractivity contribution is -0.151. The number of piperidine rings is 1. The van der Waals surface area contributed by atoms with E-state index >= 15 is 0 Å². The first-order valence-electron chi connectivity index (χ1n) is 6.47. The number of carbonyl (C=O) groups is 3. The van der Waals surface area contributed by atoms with Gasteiger partial charge in [0.25, 0.3) is 0 Å². The zero-order chi connectivity index (χ0) is 14.4. The lowest BCUT2D eigenvalue weighted by Gasteiger charge is -2.33. The minimum Gasteiger partial charge on any atom is -0.466 e. The Balaban J connectivity index is 2.56. The number of esters is 1. The number of primary amides is 1. The van der Waals surface area contributed by atoms with Gasteiger partial charge in [-0.2, -0.15) is 0 Å². The summed E-state index contributed by atoms with van der Waals surface area (Å²) in [6.07, 6.45) is 1.47. The molecule has 2 atom stereocenters. The Bertz CT molecular complexity index is 359. The van der Waals surface area contributed by atoms with Crippen LogP contribution < -0.4 is 11.1 Å². The molecule has 0 saturated carbocycles. The van der Waals surface area contributed by atoms with E-state index in [1.165, 1.54) is 0 Å². The summed E-state index contributed by atoms with van der Waals surface area (Å²) < 4.78 is 4.97. The molecule has 7 nitrogen and oxygen atoms in total. The average Bonchev–Trinajstić information content (AvgIpc) is 2.37. The fraction of sp³-hybridized carbons (Fsp3) is 0.750. The molecule has 0 aromatic rings. The average molecular weight is 271 g/mol. The van der Waals surface area contributed by atoms with E-state index in [2.05, 4.69) is 5.32 Å². The largest absolute Gasteiger partial charge is 0.466 e. The standard InChI is InChI=1S/C12H21N3O4/c1-3-19-11(17)9-5-4-6-15(7-9)10(16)8(2)14-12(13)18/h8-9H,3-7H2,1-2H3,(H3,13,14,18)/t8?,9-/m0/s1. The van der Waals surface area contributed by atoms with Crippen LogP contribution >= 0.6 is 0 Å². The van der Waals surface area contributed by atoms with Gasteiger partial charge in [0.15, 0.2) is 0 Å². The van der Waals surface area contributed by atoms with Gasteiger partial charge in [-0.25, -0.2) is 4.79 Å². The van der Waals surface area contributed by atoms with Crippen molar-refractivity contribution in [2.45, 2.75) is 32.7 Å². The molecule has 3 amide bonds. The van der Waals surface area contributed by atoms with Crippen molar-refractivity contribution in [2.75, 3.05) is 19.7 Å². The first-order chi connectivity index (χ1) is 8.95. The number of rotatable bonds is 4. The maximum Gasteiger partial charge on any atom is 0.312 e. The van der Waals surface area contributed by atoms with E-state index in [0.29, 0.717) is 19.7 Å². The number of hydrogen-bond acceptors (Lipinski definition) is 4. The highest BCUT2D eigenvalue weighted by Gasteiger charge is 2.31. The fourth-order valence-corrected chi connectivity index (χ4v) is 2.18. The van der Waals surface area contributed by atoms with E-state index in [1.54, 1.807) is 18.7 Å². The molecule has 1 aliphatic heterocycles. The highest BCUT2D eigenvalue weighted by molar-refractivity contribution is 5.86. The van der Waals surface area contributed by atoms with E-state index in [4.69, 9.17) is 10.5 Å². The van der Waals surface area contributed by atoms with Crippen molar-refractivity contribution in [1.29, 1.82) is 0 Å². The van der Waals surface area contributed by atoms with Crippen LogP contribution in [0.4, 0.5) is 4.79 Å². The van der Waals surface area contributed by atoms with Gasteiger partial charge < -0.3 is 20.7 Å². The topological polar surface area (TPSA) is 102 Å². The number of urea groups is 1. The Kier molecular flexibility index (Phi) is 5.59. The predicted molar refractivity (Wildman–Crippen MR) is 68.1 cm³/mol. The van der Waals surface area contributed by atoms with Gasteiger partial charge in [-0.05, 0) is 26.7 Å². The Labute approximate surface area is 112 Å². The summed E-state index contributed by atoms with van der Waals surface area (Å²) >= 11 is 0. The van der Waals surface area contributed by atoms with E-state index in [0.717, 1.165) is 12.8 Å². The van der Waals surface area contributed by atoms with Crippen molar-refractivity contribution in [2.24, 2.45) is 11.7 Å². The Morgan fingerprint density at radius 1 is 1.47 bits per heavy atom. The number of hydrogen-bond donors (Lipinski definition) is 2. The summed E-state index contributed by atoms with van der Waals surface area (Å²) in [5, 5.41) is 2.34. The third-order valence-electron chi connectivity index (χ3n) is 3.08. The third-order valence-corrected chi connectivity index (χ3v) is 3.08. The van der Waals surface area contributed by atoms with Crippen molar-refractivity contribution >= 4 is 17.9 Å². The molecule has 1 unspecified atom stereocenters. The van der Waals surface area contributed by atoms with E-state index in [1.807, 2.05) is 0 Å². The Morgan fingerprint density at radius 3 is 2.74 bits per heavy atom. The molecule has 0 aliphatic carbocycles. The van der Waals surface area contributed by atoms with E-state index < -0.39 is 12.1 Å². The molecule has 7 heteroatoms. The number of nitrogens with zero attached hydrogens (tertiary/aromatic N) is 1. The molecule has 19 heavy (non-hydrogen) atoms. The molecular weight excluding hydrogens is 250 g/mol. The minimum atomic E-state index is -0.736. The number of nitrogens with one attached hydrogen (secondary N) is 1. The van der Waals surface area contributed by atoms with Gasteiger partial charge in [0.05, 0.1) is 12.5 Å². The minimum absolute atomic E-state index is 0.229. The van der Waals surface area contributed by atoms with Gasteiger partial charge in [-0.1, -0.05) is 0 Å². The maximum absolute atomic E-state index is 12.1. The zero-order valence-corrected chi connectivity index (χ0v) is 11.3. The molecule has 3 N–H and O–H groups in total. The zero-order valence-electron chi connectivity index (χ0n) is 11.3. The molecule has 0 radical (unpaired) electrons. The summed E-state index contributed by atoms with van der Waals surface area (Å²) in [4.78, 5) is 36.0. The molecule has 1 fully saturated rings. The van der Waals surface area contributed by atoms with Crippen LogP contribution in [0.25, 0.3) is 0 Å². The summed E-state index contributed by atoms with van der Waals surface area (Å²) in [7, 11) is 0. The molecule has 0 spiro atoms. The number of amides is 3. The van der Waals surface area contributed by atoms with Crippen LogP contribution in [0, 0.1) is 5.92 Å². The number of likely N-dealkylation sites (tertiary alicyclic amines) is 1. The smallest absolute Gasteiger partial charge is 0.312 e. The van der Waals surface area contributed by atoms with Crippen LogP contribution in [0.15, 0.2) is 0 Å². The third kappa shape index (κ3) is 4.42. The lowest BCUT2D eigenvalue weighted by Crippen LogP contribution is -2.52. The van der Waals surface area contributed by atoms with Crippen molar-refractivity contribution in [3.05, 3.63) is 0 Å². The summed E-state index contributed by atoms with van der Waals surface area (Å²) in [5.74, 6) is -0.776. The van der Waals surface area contributed by atoms with E-state index in [-0.39, 0.29) is 17.8 Å². The number of ether oxygens (including phenoxy) is 1. The normalized spacial score (nSPS) is 20.5. The predicted octanol–water partition coefficient (Wildman–Crippen LogP) is -0.155. The highest BCUT2D eigenvalue weighted by Crippen LogP contribution is 2.18. The second kappa shape index (κ2) is 6.96. The molecule has 0 aromatic carbocycles. The van der Waals surface area contributed by atoms with Crippen LogP contribution in [0.2, 0.25) is 0 Å². The molecule has 1 aliphatic rings. The number of nitrogens with two attached hydrogens (primary N) is 1. The van der Waals surface area contributed by atoms with Gasteiger partial charge in [-0.3, -0.25) is 9.59 Å². The molecule has 0 aromatic heterocycles. The van der Waals surface area contributed by atoms with Crippen molar-refractivity contribution in [3.63, 3.8) is 0 Å². The SMILES string of the molecule is CCOC(=O)[C@H]1CCCN(C(=O)C(C)NC(N)=O)C1. The number of carbonyl (C=O) groups excluding carboxylic acids is 3. The summed E-state index contributed by atoms with van der Waals surface area (Å²) in [5.41, 5.74) is 4.98. The van der Waals surface area contributed by atoms with Gasteiger partial charge in [-0.15, -0.1) is 0 Å². The fourth-order valence-electron chi connectivity index (χ4n) is 2.18. The van der Waals surface area contributed by atoms with Crippen LogP contribution in [0.1, 0.15) is 26.7 Å². The molecule has 1 saturated heterocycles. The molecular formula is C12H21N3O4. The van der Waals surface area contributed by atoms with Crippen LogP contribution in [-0.4, -0.2) is 48.5 Å². The lowest BCUT2D eigenvalue weighted by atomic mass is 9.97. The molecule has 108 valence electrons. The van der Waals surface area contributed by atoms with Crippen LogP contribution in [0.5, 0.6) is 0 Å². The van der Waals surface area contributed by atoms with Gasteiger partial charge >= 0.3 is 12.0 Å². The quantitative estimate of drug-likeness (QED) is 0.694. The van der Waals surface area contributed by atoms with Gasteiger partial charge in [0, 0.05) is 13.1 Å². The second-order valence-corrected chi connectivity index (χ2v) is 4.61.